The minimum absolute atomic E-state index is 0. The van der Waals surface area contributed by atoms with Crippen molar-refractivity contribution in [2.75, 3.05) is 38.7 Å². The Morgan fingerprint density at radius 1 is 1.30 bits per heavy atom. The van der Waals surface area contributed by atoms with Crippen LogP contribution in [0.15, 0.2) is 28.6 Å². The third-order valence-electron chi connectivity index (χ3n) is 3.21. The number of nitrogens with zero attached hydrogens (tertiary/aromatic N) is 3. The molecule has 0 fully saturated rings. The summed E-state index contributed by atoms with van der Waals surface area (Å²) in [6.45, 7) is 3.76. The first-order valence-corrected chi connectivity index (χ1v) is 9.09. The number of nitrogens with one attached hydrogen (secondary N) is 2. The number of hydrogen-bond donors (Lipinski definition) is 2. The molecule has 0 radical (unpaired) electrons. The van der Waals surface area contributed by atoms with Crippen LogP contribution in [0.2, 0.25) is 0 Å². The predicted octanol–water partition coefficient (Wildman–Crippen LogP) is 3.24. The number of ether oxygens (including phenoxy) is 1. The number of benzene rings is 1. The topological polar surface area (TPSA) is 61.8 Å². The van der Waals surface area contributed by atoms with Gasteiger partial charge in [0.2, 0.25) is 0 Å². The van der Waals surface area contributed by atoms with E-state index in [9.17, 15) is 8.78 Å². The molecule has 1 heterocycles. The van der Waals surface area contributed by atoms with Crippen molar-refractivity contribution in [3.8, 4) is 5.75 Å². The highest BCUT2D eigenvalue weighted by atomic mass is 127. The van der Waals surface area contributed by atoms with Crippen LogP contribution in [0.1, 0.15) is 12.6 Å². The van der Waals surface area contributed by atoms with Gasteiger partial charge in [-0.1, -0.05) is 0 Å². The highest BCUT2D eigenvalue weighted by Gasteiger charge is 2.06. The van der Waals surface area contributed by atoms with E-state index in [4.69, 9.17) is 4.74 Å². The lowest BCUT2D eigenvalue weighted by Gasteiger charge is -2.12. The van der Waals surface area contributed by atoms with Crippen molar-refractivity contribution >= 4 is 46.4 Å². The molecule has 2 rings (SSSR count). The Morgan fingerprint density at radius 3 is 2.70 bits per heavy atom. The van der Waals surface area contributed by atoms with E-state index in [2.05, 4.69) is 20.6 Å². The molecule has 150 valence electrons. The highest BCUT2D eigenvalue weighted by molar-refractivity contribution is 14.0. The van der Waals surface area contributed by atoms with Crippen molar-refractivity contribution in [1.29, 1.82) is 0 Å². The molecule has 0 aliphatic rings. The average Bonchev–Trinajstić information content (AvgIpc) is 3.07. The minimum atomic E-state index is -0.717. The van der Waals surface area contributed by atoms with Crippen LogP contribution in [-0.2, 0) is 6.54 Å². The van der Waals surface area contributed by atoms with E-state index in [1.807, 2.05) is 31.3 Å². The highest BCUT2D eigenvalue weighted by Crippen LogP contribution is 2.18. The molecule has 0 unspecified atom stereocenters. The quantitative estimate of drug-likeness (QED) is 0.247. The Labute approximate surface area is 179 Å². The van der Waals surface area contributed by atoms with Crippen LogP contribution in [0.3, 0.4) is 0 Å². The second-order valence-electron chi connectivity index (χ2n) is 5.56. The van der Waals surface area contributed by atoms with Gasteiger partial charge in [-0.15, -0.1) is 35.3 Å². The fraction of sp³-hybridized carbons (Fsp3) is 0.412. The zero-order valence-corrected chi connectivity index (χ0v) is 18.6. The predicted molar refractivity (Wildman–Crippen MR) is 117 cm³/mol. The molecule has 10 heteroatoms. The zero-order chi connectivity index (χ0) is 18.9. The standard InChI is InChI=1S/C17H23F2N5OS.HI/c1-4-20-16(22-10-13-11-26-17(23-13)24(2)3)21-7-8-25-15-6-5-12(18)9-14(15)19;/h5-6,9,11H,4,7-8,10H2,1-3H3,(H2,20,21,22);1H. The van der Waals surface area contributed by atoms with Crippen LogP contribution >= 0.6 is 35.3 Å². The summed E-state index contributed by atoms with van der Waals surface area (Å²) in [5.41, 5.74) is 0.889. The van der Waals surface area contributed by atoms with Crippen molar-refractivity contribution in [2.45, 2.75) is 13.5 Å². The SMILES string of the molecule is CCNC(=NCc1csc(N(C)C)n1)NCCOc1ccc(F)cc1F.I. The molecule has 0 aliphatic carbocycles. The van der Waals surface area contributed by atoms with Gasteiger partial charge in [-0.3, -0.25) is 0 Å². The fourth-order valence-electron chi connectivity index (χ4n) is 2.00. The molecule has 6 nitrogen and oxygen atoms in total. The zero-order valence-electron chi connectivity index (χ0n) is 15.5. The molecule has 0 saturated carbocycles. The summed E-state index contributed by atoms with van der Waals surface area (Å²) >= 11 is 1.57. The maximum absolute atomic E-state index is 13.5. The van der Waals surface area contributed by atoms with E-state index in [-0.39, 0.29) is 36.3 Å². The van der Waals surface area contributed by atoms with Gasteiger partial charge < -0.3 is 20.3 Å². The summed E-state index contributed by atoms with van der Waals surface area (Å²) in [7, 11) is 3.89. The van der Waals surface area contributed by atoms with E-state index >= 15 is 0 Å². The lowest BCUT2D eigenvalue weighted by atomic mass is 10.3. The van der Waals surface area contributed by atoms with E-state index in [0.29, 0.717) is 25.6 Å². The number of thiazole rings is 1. The maximum atomic E-state index is 13.5. The number of halogens is 3. The van der Waals surface area contributed by atoms with Gasteiger partial charge in [-0.2, -0.15) is 0 Å². The van der Waals surface area contributed by atoms with Gasteiger partial charge in [0.05, 0.1) is 18.8 Å². The van der Waals surface area contributed by atoms with E-state index in [0.717, 1.165) is 23.0 Å². The van der Waals surface area contributed by atoms with Crippen molar-refractivity contribution < 1.29 is 13.5 Å². The third-order valence-corrected chi connectivity index (χ3v) is 4.27. The van der Waals surface area contributed by atoms with Gasteiger partial charge in [0.15, 0.2) is 22.7 Å². The molecule has 2 N–H and O–H groups in total. The summed E-state index contributed by atoms with van der Waals surface area (Å²) in [5, 5.41) is 9.14. The first-order valence-electron chi connectivity index (χ1n) is 8.21. The first kappa shape index (κ1) is 23.3. The van der Waals surface area contributed by atoms with Crippen LogP contribution in [0, 0.1) is 11.6 Å². The van der Waals surface area contributed by atoms with Crippen LogP contribution < -0.4 is 20.3 Å². The van der Waals surface area contributed by atoms with Gasteiger partial charge in [0.1, 0.15) is 12.4 Å². The summed E-state index contributed by atoms with van der Waals surface area (Å²) in [6, 6.07) is 3.23. The molecule has 0 spiro atoms. The maximum Gasteiger partial charge on any atom is 0.191 e. The largest absolute Gasteiger partial charge is 0.489 e. The molecular formula is C17H24F2IN5OS. The first-order chi connectivity index (χ1) is 12.5. The van der Waals surface area contributed by atoms with E-state index in [1.165, 1.54) is 6.07 Å². The molecule has 1 aromatic carbocycles. The summed E-state index contributed by atoms with van der Waals surface area (Å²) in [6.07, 6.45) is 0. The molecule has 0 saturated heterocycles. The van der Waals surface area contributed by atoms with Gasteiger partial charge in [0, 0.05) is 32.1 Å². The molecule has 0 amide bonds. The van der Waals surface area contributed by atoms with Crippen molar-refractivity contribution in [1.82, 2.24) is 15.6 Å². The number of aromatic nitrogens is 1. The molecule has 27 heavy (non-hydrogen) atoms. The number of guanidine groups is 1. The number of anilines is 1. The third kappa shape index (κ3) is 7.83. The normalized spacial score (nSPS) is 10.9. The summed E-state index contributed by atoms with van der Waals surface area (Å²) in [5.74, 6) is -0.705. The van der Waals surface area contributed by atoms with Crippen molar-refractivity contribution in [3.63, 3.8) is 0 Å². The van der Waals surface area contributed by atoms with Crippen LogP contribution in [-0.4, -0.2) is 44.7 Å². The number of rotatable bonds is 8. The Morgan fingerprint density at radius 2 is 2.07 bits per heavy atom. The van der Waals surface area contributed by atoms with E-state index in [1.54, 1.807) is 11.3 Å². The van der Waals surface area contributed by atoms with Gasteiger partial charge in [-0.25, -0.2) is 18.8 Å². The van der Waals surface area contributed by atoms with Crippen LogP contribution in [0.4, 0.5) is 13.9 Å². The fourth-order valence-corrected chi connectivity index (χ4v) is 2.75. The van der Waals surface area contributed by atoms with Crippen molar-refractivity contribution in [2.24, 2.45) is 4.99 Å². The molecule has 0 aliphatic heterocycles. The molecule has 0 atom stereocenters. The van der Waals surface area contributed by atoms with Gasteiger partial charge in [-0.05, 0) is 19.1 Å². The van der Waals surface area contributed by atoms with Gasteiger partial charge >= 0.3 is 0 Å². The lowest BCUT2D eigenvalue weighted by molar-refractivity contribution is 0.304. The molecule has 1 aromatic heterocycles. The molecular weight excluding hydrogens is 487 g/mol. The number of aliphatic imine (C=N–C) groups is 1. The Kier molecular flexibility index (Phi) is 10.3. The monoisotopic (exact) mass is 511 g/mol. The van der Waals surface area contributed by atoms with Crippen LogP contribution in [0.5, 0.6) is 5.75 Å². The summed E-state index contributed by atoms with van der Waals surface area (Å²) < 4.78 is 31.7. The minimum Gasteiger partial charge on any atom is -0.489 e. The summed E-state index contributed by atoms with van der Waals surface area (Å²) in [4.78, 5) is 10.9. The Bertz CT molecular complexity index is 742. The Balaban J connectivity index is 0.00000364. The second-order valence-corrected chi connectivity index (χ2v) is 6.40. The van der Waals surface area contributed by atoms with Gasteiger partial charge in [0.25, 0.3) is 0 Å². The van der Waals surface area contributed by atoms with Crippen LogP contribution in [0.25, 0.3) is 0 Å². The number of hydrogen-bond acceptors (Lipinski definition) is 5. The van der Waals surface area contributed by atoms with E-state index < -0.39 is 11.6 Å². The second kappa shape index (κ2) is 11.9. The smallest absolute Gasteiger partial charge is 0.191 e. The lowest BCUT2D eigenvalue weighted by Crippen LogP contribution is -2.39. The molecule has 2 aromatic rings. The van der Waals surface area contributed by atoms with Crippen molar-refractivity contribution in [3.05, 3.63) is 40.9 Å². The Hall–Kier alpha value is -1.69. The average molecular weight is 511 g/mol. The molecule has 0 bridgehead atoms.